The van der Waals surface area contributed by atoms with Gasteiger partial charge in [0.15, 0.2) is 0 Å². The van der Waals surface area contributed by atoms with Crippen LogP contribution < -0.4 is 0 Å². The van der Waals surface area contributed by atoms with Crippen molar-refractivity contribution in [2.45, 2.75) is 39.0 Å². The Hall–Kier alpha value is 0.580. The van der Waals surface area contributed by atoms with Crippen LogP contribution in [0, 0.1) is 5.92 Å². The van der Waals surface area contributed by atoms with E-state index in [1.807, 2.05) is 0 Å². The van der Waals surface area contributed by atoms with Crippen LogP contribution in [0.15, 0.2) is 0 Å². The van der Waals surface area contributed by atoms with Crippen LogP contribution in [-0.2, 0) is 0 Å². The Balaban J connectivity index is 3.34. The Morgan fingerprint density at radius 3 is 1.91 bits per heavy atom. The molecule has 0 aliphatic rings. The SMILES string of the molecule is CCCCC(CCCl)CCCl. The van der Waals surface area contributed by atoms with Gasteiger partial charge in [0.2, 0.25) is 0 Å². The van der Waals surface area contributed by atoms with Crippen LogP contribution in [0.25, 0.3) is 0 Å². The van der Waals surface area contributed by atoms with Crippen molar-refractivity contribution in [2.24, 2.45) is 5.92 Å². The molecule has 0 spiro atoms. The van der Waals surface area contributed by atoms with Gasteiger partial charge in [-0.15, -0.1) is 23.2 Å². The number of alkyl halides is 2. The standard InChI is InChI=1S/C9H18Cl2/c1-2-3-4-9(5-7-10)6-8-11/h9H,2-8H2,1H3. The van der Waals surface area contributed by atoms with Crippen LogP contribution in [0.3, 0.4) is 0 Å². The van der Waals surface area contributed by atoms with Gasteiger partial charge in [0.1, 0.15) is 0 Å². The summed E-state index contributed by atoms with van der Waals surface area (Å²) < 4.78 is 0. The van der Waals surface area contributed by atoms with Crippen molar-refractivity contribution < 1.29 is 0 Å². The van der Waals surface area contributed by atoms with E-state index in [0.29, 0.717) is 0 Å². The van der Waals surface area contributed by atoms with Gasteiger partial charge in [-0.3, -0.25) is 0 Å². The highest BCUT2D eigenvalue weighted by atomic mass is 35.5. The zero-order valence-electron chi connectivity index (χ0n) is 7.28. The monoisotopic (exact) mass is 196 g/mol. The Bertz CT molecular complexity index is 68.0. The van der Waals surface area contributed by atoms with Crippen LogP contribution in [0.4, 0.5) is 0 Å². The summed E-state index contributed by atoms with van der Waals surface area (Å²) in [6.07, 6.45) is 6.16. The summed E-state index contributed by atoms with van der Waals surface area (Å²) in [6, 6.07) is 0. The molecule has 68 valence electrons. The first-order chi connectivity index (χ1) is 5.35. The number of hydrogen-bond acceptors (Lipinski definition) is 0. The molecule has 0 bridgehead atoms. The fourth-order valence-electron chi connectivity index (χ4n) is 1.23. The molecule has 11 heavy (non-hydrogen) atoms. The molecule has 0 aromatic rings. The number of rotatable bonds is 7. The molecule has 0 fully saturated rings. The van der Waals surface area contributed by atoms with Crippen molar-refractivity contribution in [1.29, 1.82) is 0 Å². The second-order valence-corrected chi connectivity index (χ2v) is 3.72. The molecule has 0 aromatic heterocycles. The van der Waals surface area contributed by atoms with E-state index in [9.17, 15) is 0 Å². The second kappa shape index (κ2) is 8.67. The van der Waals surface area contributed by atoms with Crippen LogP contribution in [0.2, 0.25) is 0 Å². The van der Waals surface area contributed by atoms with Gasteiger partial charge < -0.3 is 0 Å². The summed E-state index contributed by atoms with van der Waals surface area (Å²) in [7, 11) is 0. The molecule has 0 unspecified atom stereocenters. The molecule has 0 aliphatic heterocycles. The lowest BCUT2D eigenvalue weighted by atomic mass is 9.97. The van der Waals surface area contributed by atoms with Gasteiger partial charge in [-0.1, -0.05) is 26.2 Å². The molecule has 0 amide bonds. The zero-order chi connectivity index (χ0) is 8.53. The first-order valence-electron chi connectivity index (χ1n) is 4.47. The Kier molecular flexibility index (Phi) is 9.13. The van der Waals surface area contributed by atoms with Crippen LogP contribution in [0.5, 0.6) is 0 Å². The topological polar surface area (TPSA) is 0 Å². The Morgan fingerprint density at radius 2 is 1.55 bits per heavy atom. The largest absolute Gasteiger partial charge is 0.127 e. The molecular formula is C9H18Cl2. The highest BCUT2D eigenvalue weighted by Gasteiger charge is 2.05. The molecule has 0 nitrogen and oxygen atoms in total. The Labute approximate surface area is 80.3 Å². The van der Waals surface area contributed by atoms with E-state index >= 15 is 0 Å². The van der Waals surface area contributed by atoms with E-state index in [1.54, 1.807) is 0 Å². The minimum atomic E-state index is 0.768. The van der Waals surface area contributed by atoms with Crippen LogP contribution in [-0.4, -0.2) is 11.8 Å². The third-order valence-corrected chi connectivity index (χ3v) is 2.44. The maximum atomic E-state index is 5.67. The summed E-state index contributed by atoms with van der Waals surface area (Å²) >= 11 is 11.3. The van der Waals surface area contributed by atoms with Gasteiger partial charge in [-0.05, 0) is 18.8 Å². The average molecular weight is 197 g/mol. The fraction of sp³-hybridized carbons (Fsp3) is 1.00. The fourth-order valence-corrected chi connectivity index (χ4v) is 1.85. The summed E-state index contributed by atoms with van der Waals surface area (Å²) in [5, 5.41) is 0. The van der Waals surface area contributed by atoms with Gasteiger partial charge in [-0.2, -0.15) is 0 Å². The molecule has 0 saturated heterocycles. The third-order valence-electron chi connectivity index (χ3n) is 2.00. The van der Waals surface area contributed by atoms with Gasteiger partial charge >= 0.3 is 0 Å². The molecule has 0 radical (unpaired) electrons. The highest BCUT2D eigenvalue weighted by Crippen LogP contribution is 2.17. The van der Waals surface area contributed by atoms with Crippen molar-refractivity contribution >= 4 is 23.2 Å². The van der Waals surface area contributed by atoms with E-state index in [4.69, 9.17) is 23.2 Å². The molecule has 0 saturated carbocycles. The summed E-state index contributed by atoms with van der Waals surface area (Å²) in [6.45, 7) is 2.22. The summed E-state index contributed by atoms with van der Waals surface area (Å²) in [5.74, 6) is 2.33. The lowest BCUT2D eigenvalue weighted by molar-refractivity contribution is 0.442. The van der Waals surface area contributed by atoms with Crippen molar-refractivity contribution in [3.05, 3.63) is 0 Å². The molecule has 2 heteroatoms. The van der Waals surface area contributed by atoms with Crippen molar-refractivity contribution in [1.82, 2.24) is 0 Å². The van der Waals surface area contributed by atoms with E-state index in [-0.39, 0.29) is 0 Å². The second-order valence-electron chi connectivity index (χ2n) is 2.96. The van der Waals surface area contributed by atoms with E-state index in [1.165, 1.54) is 19.3 Å². The molecule has 0 heterocycles. The van der Waals surface area contributed by atoms with Gasteiger partial charge in [0, 0.05) is 11.8 Å². The van der Waals surface area contributed by atoms with Gasteiger partial charge in [0.05, 0.1) is 0 Å². The lowest BCUT2D eigenvalue weighted by Gasteiger charge is -2.12. The third kappa shape index (κ3) is 6.96. The minimum Gasteiger partial charge on any atom is -0.127 e. The predicted molar refractivity (Wildman–Crippen MR) is 53.7 cm³/mol. The molecule has 0 rings (SSSR count). The summed E-state index contributed by atoms with van der Waals surface area (Å²) in [5.41, 5.74) is 0. The number of halogens is 2. The van der Waals surface area contributed by atoms with Crippen molar-refractivity contribution in [3.63, 3.8) is 0 Å². The number of unbranched alkanes of at least 4 members (excludes halogenated alkanes) is 1. The maximum absolute atomic E-state index is 5.67. The molecule has 0 aliphatic carbocycles. The van der Waals surface area contributed by atoms with Gasteiger partial charge in [0.25, 0.3) is 0 Å². The zero-order valence-corrected chi connectivity index (χ0v) is 8.79. The Morgan fingerprint density at radius 1 is 1.00 bits per heavy atom. The smallest absolute Gasteiger partial charge is 0.0226 e. The molecule has 0 atom stereocenters. The van der Waals surface area contributed by atoms with Crippen LogP contribution in [0.1, 0.15) is 39.0 Å². The molecular weight excluding hydrogens is 179 g/mol. The minimum absolute atomic E-state index is 0.768. The quantitative estimate of drug-likeness (QED) is 0.540. The van der Waals surface area contributed by atoms with Gasteiger partial charge in [-0.25, -0.2) is 0 Å². The van der Waals surface area contributed by atoms with Crippen molar-refractivity contribution in [3.8, 4) is 0 Å². The molecule has 0 N–H and O–H groups in total. The first-order valence-corrected chi connectivity index (χ1v) is 5.54. The van der Waals surface area contributed by atoms with Crippen molar-refractivity contribution in [2.75, 3.05) is 11.8 Å². The van der Waals surface area contributed by atoms with Crippen LogP contribution >= 0.6 is 23.2 Å². The predicted octanol–water partition coefficient (Wildman–Crippen LogP) is 4.05. The molecule has 0 aromatic carbocycles. The highest BCUT2D eigenvalue weighted by molar-refractivity contribution is 6.18. The van der Waals surface area contributed by atoms with E-state index in [2.05, 4.69) is 6.92 Å². The van der Waals surface area contributed by atoms with E-state index < -0.39 is 0 Å². The normalized spacial score (nSPS) is 10.9. The lowest BCUT2D eigenvalue weighted by Crippen LogP contribution is -2.02. The summed E-state index contributed by atoms with van der Waals surface area (Å²) in [4.78, 5) is 0. The average Bonchev–Trinajstić information content (AvgIpc) is 2.01. The first kappa shape index (κ1) is 11.6. The maximum Gasteiger partial charge on any atom is 0.0226 e. The van der Waals surface area contributed by atoms with E-state index in [0.717, 1.165) is 30.5 Å². The number of hydrogen-bond donors (Lipinski definition) is 0.